The van der Waals surface area contributed by atoms with E-state index in [1.54, 1.807) is 0 Å². The third-order valence-corrected chi connectivity index (χ3v) is 4.79. The van der Waals surface area contributed by atoms with Gasteiger partial charge >= 0.3 is 0 Å². The summed E-state index contributed by atoms with van der Waals surface area (Å²) in [4.78, 5) is 0. The summed E-state index contributed by atoms with van der Waals surface area (Å²) < 4.78 is 31.6. The van der Waals surface area contributed by atoms with Gasteiger partial charge in [0.2, 0.25) is 10.0 Å². The summed E-state index contributed by atoms with van der Waals surface area (Å²) in [6.45, 7) is 3.06. The molecule has 1 unspecified atom stereocenters. The fraction of sp³-hybridized carbons (Fsp3) is 1.00. The average Bonchev–Trinajstić information content (AvgIpc) is 2.70. The van der Waals surface area contributed by atoms with Gasteiger partial charge in [0, 0.05) is 12.6 Å². The normalized spacial score (nSPS) is 28.4. The summed E-state index contributed by atoms with van der Waals surface area (Å²) in [5.41, 5.74) is 0. The van der Waals surface area contributed by atoms with Crippen molar-refractivity contribution in [3.05, 3.63) is 0 Å². The third kappa shape index (κ3) is 3.69. The molecule has 2 aliphatic rings. The standard InChI is InChI=1S/C10H20N2O3S/c13-16(14,12-10-3-6-15-7-10)8-9-1-4-11-5-2-9/h9-12H,1-8H2. The van der Waals surface area contributed by atoms with Gasteiger partial charge in [-0.05, 0) is 38.3 Å². The summed E-state index contributed by atoms with van der Waals surface area (Å²) >= 11 is 0. The van der Waals surface area contributed by atoms with Gasteiger partial charge in [-0.3, -0.25) is 0 Å². The first-order valence-electron chi connectivity index (χ1n) is 5.94. The van der Waals surface area contributed by atoms with Gasteiger partial charge < -0.3 is 10.1 Å². The van der Waals surface area contributed by atoms with Crippen LogP contribution in [0.3, 0.4) is 0 Å². The minimum absolute atomic E-state index is 0.00767. The fourth-order valence-corrected chi connectivity index (χ4v) is 4.03. The summed E-state index contributed by atoms with van der Waals surface area (Å²) in [6, 6.07) is -0.00767. The zero-order valence-corrected chi connectivity index (χ0v) is 10.3. The van der Waals surface area contributed by atoms with Crippen LogP contribution < -0.4 is 10.0 Å². The number of sulfonamides is 1. The van der Waals surface area contributed by atoms with Gasteiger partial charge in [-0.1, -0.05) is 0 Å². The van der Waals surface area contributed by atoms with E-state index in [0.717, 1.165) is 32.4 Å². The minimum atomic E-state index is -3.12. The molecule has 2 N–H and O–H groups in total. The van der Waals surface area contributed by atoms with Crippen molar-refractivity contribution >= 4 is 10.0 Å². The van der Waals surface area contributed by atoms with Crippen LogP contribution in [0.15, 0.2) is 0 Å². The Kier molecular flexibility index (Phi) is 4.18. The summed E-state index contributed by atoms with van der Waals surface area (Å²) in [5.74, 6) is 0.576. The molecule has 94 valence electrons. The first-order chi connectivity index (χ1) is 7.66. The van der Waals surface area contributed by atoms with Crippen molar-refractivity contribution in [2.75, 3.05) is 32.1 Å². The number of ether oxygens (including phenoxy) is 1. The van der Waals surface area contributed by atoms with Crippen LogP contribution in [0.1, 0.15) is 19.3 Å². The van der Waals surface area contributed by atoms with Crippen LogP contribution in [0.4, 0.5) is 0 Å². The van der Waals surface area contributed by atoms with Crippen molar-refractivity contribution < 1.29 is 13.2 Å². The first kappa shape index (κ1) is 12.3. The highest BCUT2D eigenvalue weighted by atomic mass is 32.2. The Morgan fingerprint density at radius 3 is 2.62 bits per heavy atom. The van der Waals surface area contributed by atoms with Crippen LogP contribution >= 0.6 is 0 Å². The third-order valence-electron chi connectivity index (χ3n) is 3.19. The topological polar surface area (TPSA) is 67.4 Å². The van der Waals surface area contributed by atoms with Crippen molar-refractivity contribution in [3.8, 4) is 0 Å². The van der Waals surface area contributed by atoms with E-state index in [0.29, 0.717) is 19.1 Å². The molecule has 0 aromatic rings. The van der Waals surface area contributed by atoms with E-state index >= 15 is 0 Å². The van der Waals surface area contributed by atoms with Crippen molar-refractivity contribution in [3.63, 3.8) is 0 Å². The highest BCUT2D eigenvalue weighted by Crippen LogP contribution is 2.14. The summed E-state index contributed by atoms with van der Waals surface area (Å²) in [7, 11) is -3.12. The van der Waals surface area contributed by atoms with Gasteiger partial charge in [-0.25, -0.2) is 13.1 Å². The average molecular weight is 248 g/mol. The lowest BCUT2D eigenvalue weighted by molar-refractivity contribution is 0.192. The zero-order valence-electron chi connectivity index (χ0n) is 9.44. The van der Waals surface area contributed by atoms with Gasteiger partial charge in [0.15, 0.2) is 0 Å². The van der Waals surface area contributed by atoms with Gasteiger partial charge in [-0.15, -0.1) is 0 Å². The molecule has 16 heavy (non-hydrogen) atoms. The summed E-state index contributed by atoms with van der Waals surface area (Å²) in [6.07, 6.45) is 2.72. The molecule has 0 bridgehead atoms. The SMILES string of the molecule is O=S(=O)(CC1CCNCC1)NC1CCOC1. The Hall–Kier alpha value is -0.170. The maximum Gasteiger partial charge on any atom is 0.212 e. The van der Waals surface area contributed by atoms with E-state index in [-0.39, 0.29) is 11.8 Å². The molecule has 1 atom stereocenters. The van der Waals surface area contributed by atoms with Crippen LogP contribution in [0.25, 0.3) is 0 Å². The second kappa shape index (κ2) is 5.44. The molecule has 2 aliphatic heterocycles. The van der Waals surface area contributed by atoms with E-state index in [1.165, 1.54) is 0 Å². The van der Waals surface area contributed by atoms with Crippen LogP contribution in [-0.2, 0) is 14.8 Å². The smallest absolute Gasteiger partial charge is 0.212 e. The van der Waals surface area contributed by atoms with Crippen LogP contribution in [-0.4, -0.2) is 46.5 Å². The molecule has 0 spiro atoms. The molecule has 0 radical (unpaired) electrons. The quantitative estimate of drug-likeness (QED) is 0.716. The molecule has 2 fully saturated rings. The highest BCUT2D eigenvalue weighted by Gasteiger charge is 2.25. The molecule has 0 aromatic heterocycles. The second-order valence-electron chi connectivity index (χ2n) is 4.65. The predicted octanol–water partition coefficient (Wildman–Crippen LogP) is -0.306. The molecular formula is C10H20N2O3S. The van der Waals surface area contributed by atoms with Gasteiger partial charge in [0.1, 0.15) is 0 Å². The molecule has 0 aliphatic carbocycles. The largest absolute Gasteiger partial charge is 0.380 e. The Balaban J connectivity index is 1.81. The minimum Gasteiger partial charge on any atom is -0.380 e. The maximum absolute atomic E-state index is 11.9. The zero-order chi connectivity index (χ0) is 11.4. The van der Waals surface area contributed by atoms with E-state index in [1.807, 2.05) is 0 Å². The first-order valence-corrected chi connectivity index (χ1v) is 7.59. The summed E-state index contributed by atoms with van der Waals surface area (Å²) in [5, 5.41) is 3.24. The van der Waals surface area contributed by atoms with E-state index in [2.05, 4.69) is 10.0 Å². The molecule has 2 heterocycles. The Morgan fingerprint density at radius 2 is 2.00 bits per heavy atom. The monoisotopic (exact) mass is 248 g/mol. The van der Waals surface area contributed by atoms with E-state index < -0.39 is 10.0 Å². The van der Waals surface area contributed by atoms with Gasteiger partial charge in [-0.2, -0.15) is 0 Å². The predicted molar refractivity (Wildman–Crippen MR) is 61.7 cm³/mol. The fourth-order valence-electron chi connectivity index (χ4n) is 2.29. The second-order valence-corrected chi connectivity index (χ2v) is 6.45. The Labute approximate surface area is 97.0 Å². The molecule has 6 heteroatoms. The number of piperidine rings is 1. The van der Waals surface area contributed by atoms with Crippen molar-refractivity contribution in [1.29, 1.82) is 0 Å². The molecule has 0 amide bonds. The van der Waals surface area contributed by atoms with Crippen molar-refractivity contribution in [2.24, 2.45) is 5.92 Å². The number of hydrogen-bond acceptors (Lipinski definition) is 4. The van der Waals surface area contributed by atoms with Crippen molar-refractivity contribution in [1.82, 2.24) is 10.0 Å². The number of hydrogen-bond donors (Lipinski definition) is 2. The van der Waals surface area contributed by atoms with Gasteiger partial charge in [0.05, 0.1) is 12.4 Å². The number of nitrogens with one attached hydrogen (secondary N) is 2. The highest BCUT2D eigenvalue weighted by molar-refractivity contribution is 7.89. The Bertz CT molecular complexity index is 306. The number of rotatable bonds is 4. The Morgan fingerprint density at radius 1 is 1.25 bits per heavy atom. The maximum atomic E-state index is 11.9. The molecule has 2 saturated heterocycles. The molecule has 2 rings (SSSR count). The van der Waals surface area contributed by atoms with E-state index in [9.17, 15) is 8.42 Å². The molecule has 5 nitrogen and oxygen atoms in total. The van der Waals surface area contributed by atoms with Crippen LogP contribution in [0.5, 0.6) is 0 Å². The molecule has 0 saturated carbocycles. The van der Waals surface area contributed by atoms with E-state index in [4.69, 9.17) is 4.74 Å². The lowest BCUT2D eigenvalue weighted by Crippen LogP contribution is -2.40. The van der Waals surface area contributed by atoms with Crippen molar-refractivity contribution in [2.45, 2.75) is 25.3 Å². The molecular weight excluding hydrogens is 228 g/mol. The molecule has 0 aromatic carbocycles. The van der Waals surface area contributed by atoms with Crippen LogP contribution in [0.2, 0.25) is 0 Å². The van der Waals surface area contributed by atoms with Crippen LogP contribution in [0, 0.1) is 5.92 Å². The lowest BCUT2D eigenvalue weighted by Gasteiger charge is -2.23. The lowest BCUT2D eigenvalue weighted by atomic mass is 10.0. The van der Waals surface area contributed by atoms with Gasteiger partial charge in [0.25, 0.3) is 0 Å².